The van der Waals surface area contributed by atoms with Crippen molar-refractivity contribution in [1.82, 2.24) is 0 Å². The minimum Gasteiger partial charge on any atom is -0.493 e. The maximum atomic E-state index is 12.4. The molecule has 0 amide bonds. The molecule has 0 radical (unpaired) electrons. The van der Waals surface area contributed by atoms with Crippen molar-refractivity contribution in [2.45, 2.75) is 6.61 Å². The SMILES string of the molecule is COc1cc(/C=C2\N=C(c3cc([N+](=O)[O-])ccc3Cl)OC2=O)cc(Cl)c1OCc1ccccc1. The van der Waals surface area contributed by atoms with Gasteiger partial charge >= 0.3 is 5.97 Å². The predicted octanol–water partition coefficient (Wildman–Crippen LogP) is 5.83. The molecule has 8 nitrogen and oxygen atoms in total. The Bertz CT molecular complexity index is 1340. The molecule has 4 rings (SSSR count). The highest BCUT2D eigenvalue weighted by Gasteiger charge is 2.27. The van der Waals surface area contributed by atoms with Gasteiger partial charge in [0.25, 0.3) is 5.69 Å². The van der Waals surface area contributed by atoms with Crippen molar-refractivity contribution in [1.29, 1.82) is 0 Å². The molecule has 1 aliphatic heterocycles. The highest BCUT2D eigenvalue weighted by molar-refractivity contribution is 6.34. The number of benzene rings is 3. The van der Waals surface area contributed by atoms with Crippen molar-refractivity contribution in [3.8, 4) is 11.5 Å². The molecule has 0 atom stereocenters. The quantitative estimate of drug-likeness (QED) is 0.175. The molecule has 0 N–H and O–H groups in total. The van der Waals surface area contributed by atoms with Crippen molar-refractivity contribution in [2.24, 2.45) is 4.99 Å². The standard InChI is InChI=1S/C24H16Cl2N2O6/c1-32-21-11-15(9-19(26)22(21)33-13-14-5-3-2-4-6-14)10-20-24(29)34-23(27-20)17-12-16(28(30)31)7-8-18(17)25/h2-12H,13H2,1H3/b20-10-. The van der Waals surface area contributed by atoms with Gasteiger partial charge in [0.2, 0.25) is 5.90 Å². The Hall–Kier alpha value is -3.88. The summed E-state index contributed by atoms with van der Waals surface area (Å²) in [5.74, 6) is -0.146. The van der Waals surface area contributed by atoms with Gasteiger partial charge in [-0.15, -0.1) is 0 Å². The largest absolute Gasteiger partial charge is 0.493 e. The first-order valence-corrected chi connectivity index (χ1v) is 10.6. The van der Waals surface area contributed by atoms with E-state index in [1.807, 2.05) is 30.3 Å². The number of aliphatic imine (C=N–C) groups is 1. The Morgan fingerprint density at radius 1 is 1.09 bits per heavy atom. The monoisotopic (exact) mass is 498 g/mol. The molecule has 34 heavy (non-hydrogen) atoms. The van der Waals surface area contributed by atoms with Gasteiger partial charge in [0.15, 0.2) is 17.2 Å². The molecule has 0 fully saturated rings. The van der Waals surface area contributed by atoms with E-state index in [0.717, 1.165) is 5.56 Å². The molecule has 0 aromatic heterocycles. The average molecular weight is 499 g/mol. The van der Waals surface area contributed by atoms with Crippen molar-refractivity contribution in [3.05, 3.63) is 103 Å². The Balaban J connectivity index is 1.63. The lowest BCUT2D eigenvalue weighted by Crippen LogP contribution is -2.06. The topological polar surface area (TPSA) is 100 Å². The number of cyclic esters (lactones) is 1. The molecule has 172 valence electrons. The minimum absolute atomic E-state index is 0.0337. The zero-order valence-electron chi connectivity index (χ0n) is 17.7. The number of nitro groups is 1. The van der Waals surface area contributed by atoms with Crippen LogP contribution in [0.1, 0.15) is 16.7 Å². The van der Waals surface area contributed by atoms with Gasteiger partial charge in [-0.05, 0) is 35.4 Å². The predicted molar refractivity (Wildman–Crippen MR) is 127 cm³/mol. The number of nitro benzene ring substituents is 1. The Kier molecular flexibility index (Phi) is 6.81. The third-order valence-corrected chi connectivity index (χ3v) is 5.40. The van der Waals surface area contributed by atoms with E-state index < -0.39 is 10.9 Å². The van der Waals surface area contributed by atoms with Crippen molar-refractivity contribution >= 4 is 46.8 Å². The van der Waals surface area contributed by atoms with Gasteiger partial charge in [-0.25, -0.2) is 9.79 Å². The van der Waals surface area contributed by atoms with Gasteiger partial charge < -0.3 is 14.2 Å². The summed E-state index contributed by atoms with van der Waals surface area (Å²) >= 11 is 12.6. The van der Waals surface area contributed by atoms with Crippen LogP contribution in [0.5, 0.6) is 11.5 Å². The van der Waals surface area contributed by atoms with Gasteiger partial charge in [0.1, 0.15) is 6.61 Å². The highest BCUT2D eigenvalue weighted by Crippen LogP contribution is 2.38. The minimum atomic E-state index is -0.739. The first-order valence-electron chi connectivity index (χ1n) is 9.87. The fraction of sp³-hybridized carbons (Fsp3) is 0.0833. The van der Waals surface area contributed by atoms with Crippen molar-refractivity contribution in [2.75, 3.05) is 7.11 Å². The van der Waals surface area contributed by atoms with Crippen LogP contribution in [0.4, 0.5) is 5.69 Å². The third kappa shape index (κ3) is 5.03. The fourth-order valence-electron chi connectivity index (χ4n) is 3.17. The van der Waals surface area contributed by atoms with Crippen LogP contribution in [0.15, 0.2) is 71.4 Å². The summed E-state index contributed by atoms with van der Waals surface area (Å²) in [5.41, 5.74) is 1.36. The van der Waals surface area contributed by atoms with Crippen molar-refractivity contribution in [3.63, 3.8) is 0 Å². The zero-order chi connectivity index (χ0) is 24.2. The number of hydrogen-bond donors (Lipinski definition) is 0. The lowest BCUT2D eigenvalue weighted by Gasteiger charge is -2.13. The number of ether oxygens (including phenoxy) is 3. The van der Waals surface area contributed by atoms with Crippen LogP contribution in [-0.4, -0.2) is 23.9 Å². The maximum Gasteiger partial charge on any atom is 0.363 e. The van der Waals surface area contributed by atoms with Gasteiger partial charge in [0, 0.05) is 12.1 Å². The Morgan fingerprint density at radius 3 is 2.56 bits per heavy atom. The lowest BCUT2D eigenvalue weighted by molar-refractivity contribution is -0.384. The maximum absolute atomic E-state index is 12.4. The van der Waals surface area contributed by atoms with E-state index in [4.69, 9.17) is 37.4 Å². The summed E-state index contributed by atoms with van der Waals surface area (Å²) in [6.07, 6.45) is 1.45. The molecule has 0 saturated heterocycles. The second-order valence-electron chi connectivity index (χ2n) is 7.07. The first-order chi connectivity index (χ1) is 16.4. The first kappa shape index (κ1) is 23.3. The van der Waals surface area contributed by atoms with Gasteiger partial charge in [-0.3, -0.25) is 10.1 Å². The molecule has 0 aliphatic carbocycles. The second kappa shape index (κ2) is 9.94. The molecule has 1 aliphatic rings. The van der Waals surface area contributed by atoms with E-state index >= 15 is 0 Å². The van der Waals surface area contributed by atoms with E-state index in [9.17, 15) is 14.9 Å². The van der Waals surface area contributed by atoms with E-state index in [2.05, 4.69) is 4.99 Å². The van der Waals surface area contributed by atoms with Gasteiger partial charge in [0.05, 0.1) is 27.6 Å². The lowest BCUT2D eigenvalue weighted by atomic mass is 10.1. The number of esters is 1. The van der Waals surface area contributed by atoms with E-state index in [1.165, 1.54) is 31.4 Å². The van der Waals surface area contributed by atoms with Crippen LogP contribution in [0, 0.1) is 10.1 Å². The number of hydrogen-bond acceptors (Lipinski definition) is 7. The molecule has 1 heterocycles. The van der Waals surface area contributed by atoms with E-state index in [1.54, 1.807) is 12.1 Å². The number of methoxy groups -OCH3 is 1. The smallest absolute Gasteiger partial charge is 0.363 e. The number of non-ortho nitro benzene ring substituents is 1. The van der Waals surface area contributed by atoms with Crippen molar-refractivity contribution < 1.29 is 23.9 Å². The zero-order valence-corrected chi connectivity index (χ0v) is 19.2. The molecular formula is C24H16Cl2N2O6. The molecule has 0 saturated carbocycles. The van der Waals surface area contributed by atoms with Gasteiger partial charge in [-0.1, -0.05) is 53.5 Å². The van der Waals surface area contributed by atoms with Crippen LogP contribution in [0.25, 0.3) is 6.08 Å². The van der Waals surface area contributed by atoms with E-state index in [-0.39, 0.29) is 32.9 Å². The fourth-order valence-corrected chi connectivity index (χ4v) is 3.64. The summed E-state index contributed by atoms with van der Waals surface area (Å²) < 4.78 is 16.5. The van der Waals surface area contributed by atoms with Crippen LogP contribution in [-0.2, 0) is 16.1 Å². The molecule has 0 unspecified atom stereocenters. The molecule has 3 aromatic rings. The van der Waals surface area contributed by atoms with Gasteiger partial charge in [-0.2, -0.15) is 0 Å². The highest BCUT2D eigenvalue weighted by atomic mass is 35.5. The van der Waals surface area contributed by atoms with Crippen LogP contribution in [0.2, 0.25) is 10.0 Å². The number of halogens is 2. The summed E-state index contributed by atoms with van der Waals surface area (Å²) in [7, 11) is 1.47. The van der Waals surface area contributed by atoms with E-state index in [0.29, 0.717) is 23.7 Å². The summed E-state index contributed by atoms with van der Waals surface area (Å²) in [5, 5.41) is 11.5. The summed E-state index contributed by atoms with van der Waals surface area (Å²) in [6, 6.07) is 16.6. The molecular weight excluding hydrogens is 483 g/mol. The normalized spacial score (nSPS) is 14.0. The molecule has 0 spiro atoms. The number of nitrogens with zero attached hydrogens (tertiary/aromatic N) is 2. The van der Waals surface area contributed by atoms with Crippen LogP contribution >= 0.6 is 23.2 Å². The third-order valence-electron chi connectivity index (χ3n) is 4.79. The number of rotatable bonds is 7. The summed E-state index contributed by atoms with van der Waals surface area (Å²) in [4.78, 5) is 27.0. The van der Waals surface area contributed by atoms with Crippen LogP contribution in [0.3, 0.4) is 0 Å². The number of carbonyl (C=O) groups excluding carboxylic acids is 1. The average Bonchev–Trinajstić information content (AvgIpc) is 3.18. The molecule has 0 bridgehead atoms. The molecule has 3 aromatic carbocycles. The Labute approximate surface area is 204 Å². The second-order valence-corrected chi connectivity index (χ2v) is 7.88. The van der Waals surface area contributed by atoms with Crippen LogP contribution < -0.4 is 9.47 Å². The number of carbonyl (C=O) groups is 1. The Morgan fingerprint density at radius 2 is 1.85 bits per heavy atom. The molecule has 10 heteroatoms. The summed E-state index contributed by atoms with van der Waals surface area (Å²) in [6.45, 7) is 0.293.